The molecule has 2 aliphatic rings. The normalized spacial score (nSPS) is 26.7. The van der Waals surface area contributed by atoms with Gasteiger partial charge in [-0.05, 0) is 25.8 Å². The molecule has 15 heavy (non-hydrogen) atoms. The summed E-state index contributed by atoms with van der Waals surface area (Å²) in [5.74, 6) is 0.285. The third-order valence-corrected chi connectivity index (χ3v) is 3.43. The molecular weight excluding hydrogens is 192 g/mol. The van der Waals surface area contributed by atoms with Crippen molar-refractivity contribution in [2.24, 2.45) is 0 Å². The monoisotopic (exact) mass is 212 g/mol. The van der Waals surface area contributed by atoms with E-state index in [9.17, 15) is 4.79 Å². The molecule has 1 amide bonds. The first-order valence-corrected chi connectivity index (χ1v) is 5.93. The Morgan fingerprint density at radius 1 is 1.47 bits per heavy atom. The van der Waals surface area contributed by atoms with Gasteiger partial charge in [-0.2, -0.15) is 0 Å². The summed E-state index contributed by atoms with van der Waals surface area (Å²) < 4.78 is 0. The molecule has 1 saturated heterocycles. The Kier molecular flexibility index (Phi) is 3.26. The molecule has 0 aromatic carbocycles. The van der Waals surface area contributed by atoms with Crippen molar-refractivity contribution in [3.63, 3.8) is 0 Å². The number of likely N-dealkylation sites (tertiary alicyclic amines) is 1. The van der Waals surface area contributed by atoms with Crippen molar-refractivity contribution in [2.45, 2.75) is 38.3 Å². The fourth-order valence-corrected chi connectivity index (χ4v) is 2.44. The first-order valence-electron chi connectivity index (χ1n) is 5.93. The highest BCUT2D eigenvalue weighted by atomic mass is 16.3. The summed E-state index contributed by atoms with van der Waals surface area (Å²) >= 11 is 0. The number of carbonyl (C=O) groups is 1. The van der Waals surface area contributed by atoms with E-state index < -0.39 is 0 Å². The molecule has 4 nitrogen and oxygen atoms in total. The van der Waals surface area contributed by atoms with Crippen LogP contribution in [0.1, 0.15) is 26.2 Å². The Balaban J connectivity index is 1.94. The maximum absolute atomic E-state index is 12.1. The lowest BCUT2D eigenvalue weighted by atomic mass is 10.2. The predicted octanol–water partition coefficient (Wildman–Crippen LogP) is 0.0639. The summed E-state index contributed by atoms with van der Waals surface area (Å²) in [7, 11) is 0. The molecule has 1 atom stereocenters. The zero-order valence-electron chi connectivity index (χ0n) is 9.35. The van der Waals surface area contributed by atoms with Crippen LogP contribution < -0.4 is 0 Å². The van der Waals surface area contributed by atoms with Crippen LogP contribution in [-0.4, -0.2) is 59.1 Å². The van der Waals surface area contributed by atoms with Crippen LogP contribution in [0.4, 0.5) is 0 Å². The lowest BCUT2D eigenvalue weighted by Crippen LogP contribution is -2.43. The molecule has 0 spiro atoms. The quantitative estimate of drug-likeness (QED) is 0.701. The maximum atomic E-state index is 12.1. The maximum Gasteiger partial charge on any atom is 0.240 e. The van der Waals surface area contributed by atoms with Crippen molar-refractivity contribution >= 4 is 5.91 Å². The van der Waals surface area contributed by atoms with Crippen molar-refractivity contribution < 1.29 is 9.90 Å². The number of aliphatic hydroxyl groups is 1. The number of amides is 1. The molecule has 1 heterocycles. The number of hydrogen-bond donors (Lipinski definition) is 1. The van der Waals surface area contributed by atoms with Gasteiger partial charge in [0.25, 0.3) is 0 Å². The van der Waals surface area contributed by atoms with Gasteiger partial charge in [-0.1, -0.05) is 6.92 Å². The van der Waals surface area contributed by atoms with Gasteiger partial charge in [0.15, 0.2) is 0 Å². The largest absolute Gasteiger partial charge is 0.395 e. The van der Waals surface area contributed by atoms with E-state index in [-0.39, 0.29) is 18.6 Å². The van der Waals surface area contributed by atoms with Gasteiger partial charge in [0.2, 0.25) is 5.91 Å². The topological polar surface area (TPSA) is 43.8 Å². The molecule has 1 aliphatic carbocycles. The molecule has 1 unspecified atom stereocenters. The summed E-state index contributed by atoms with van der Waals surface area (Å²) in [4.78, 5) is 16.2. The highest BCUT2D eigenvalue weighted by molar-refractivity contribution is 5.84. The second-order valence-electron chi connectivity index (χ2n) is 4.42. The van der Waals surface area contributed by atoms with Crippen LogP contribution in [0.25, 0.3) is 0 Å². The molecule has 2 fully saturated rings. The molecule has 1 aliphatic heterocycles. The molecule has 0 bridgehead atoms. The fraction of sp³-hybridized carbons (Fsp3) is 0.909. The summed E-state index contributed by atoms with van der Waals surface area (Å²) in [6.45, 7) is 4.56. The lowest BCUT2D eigenvalue weighted by molar-refractivity contribution is -0.132. The van der Waals surface area contributed by atoms with Crippen LogP contribution in [0.3, 0.4) is 0 Å². The minimum absolute atomic E-state index is 0.0303. The summed E-state index contributed by atoms with van der Waals surface area (Å²) in [6, 6.07) is 0.568. The predicted molar refractivity (Wildman–Crippen MR) is 57.5 cm³/mol. The molecule has 86 valence electrons. The molecule has 4 heteroatoms. The first kappa shape index (κ1) is 10.9. The van der Waals surface area contributed by atoms with E-state index in [0.29, 0.717) is 12.6 Å². The van der Waals surface area contributed by atoms with Gasteiger partial charge in [-0.15, -0.1) is 0 Å². The number of carbonyl (C=O) groups excluding carboxylic acids is 1. The molecule has 1 saturated carbocycles. The van der Waals surface area contributed by atoms with Crippen LogP contribution in [0, 0.1) is 0 Å². The Morgan fingerprint density at radius 2 is 2.20 bits per heavy atom. The van der Waals surface area contributed by atoms with Crippen LogP contribution in [0.2, 0.25) is 0 Å². The van der Waals surface area contributed by atoms with Gasteiger partial charge < -0.3 is 10.0 Å². The first-order chi connectivity index (χ1) is 7.27. The number of rotatable bonds is 5. The second-order valence-corrected chi connectivity index (χ2v) is 4.42. The van der Waals surface area contributed by atoms with E-state index in [1.807, 2.05) is 11.8 Å². The third-order valence-electron chi connectivity index (χ3n) is 3.43. The Labute approximate surface area is 90.9 Å². The SMILES string of the molecule is CCN(CCO)C1CCN(C2CC2)C1=O. The number of aliphatic hydroxyl groups excluding tert-OH is 1. The van der Waals surface area contributed by atoms with Gasteiger partial charge in [-0.25, -0.2) is 0 Å². The minimum atomic E-state index is 0.0303. The van der Waals surface area contributed by atoms with Gasteiger partial charge in [0.05, 0.1) is 12.6 Å². The third kappa shape index (κ3) is 2.16. The molecule has 0 radical (unpaired) electrons. The van der Waals surface area contributed by atoms with E-state index in [4.69, 9.17) is 5.11 Å². The van der Waals surface area contributed by atoms with E-state index in [0.717, 1.165) is 19.5 Å². The van der Waals surface area contributed by atoms with Crippen molar-refractivity contribution in [1.82, 2.24) is 9.80 Å². The van der Waals surface area contributed by atoms with Crippen LogP contribution in [0.15, 0.2) is 0 Å². The fourth-order valence-electron chi connectivity index (χ4n) is 2.44. The highest BCUT2D eigenvalue weighted by Crippen LogP contribution is 2.31. The zero-order chi connectivity index (χ0) is 10.8. The highest BCUT2D eigenvalue weighted by Gasteiger charge is 2.42. The zero-order valence-corrected chi connectivity index (χ0v) is 9.35. The van der Waals surface area contributed by atoms with Gasteiger partial charge in [0, 0.05) is 19.1 Å². The standard InChI is InChI=1S/C11H20N2O2/c1-2-12(7-8-14)10-5-6-13(11(10)15)9-3-4-9/h9-10,14H,2-8H2,1H3. The van der Waals surface area contributed by atoms with Crippen molar-refractivity contribution in [2.75, 3.05) is 26.2 Å². The molecule has 1 N–H and O–H groups in total. The number of nitrogens with zero attached hydrogens (tertiary/aromatic N) is 2. The van der Waals surface area contributed by atoms with Crippen molar-refractivity contribution in [3.05, 3.63) is 0 Å². The number of likely N-dealkylation sites (N-methyl/N-ethyl adjacent to an activating group) is 1. The van der Waals surface area contributed by atoms with Gasteiger partial charge >= 0.3 is 0 Å². The van der Waals surface area contributed by atoms with Crippen LogP contribution in [0.5, 0.6) is 0 Å². The van der Waals surface area contributed by atoms with E-state index in [1.165, 1.54) is 12.8 Å². The summed E-state index contributed by atoms with van der Waals surface area (Å²) in [5.41, 5.74) is 0. The molecular formula is C11H20N2O2. The Hall–Kier alpha value is -0.610. The molecule has 0 aromatic heterocycles. The molecule has 2 rings (SSSR count). The smallest absolute Gasteiger partial charge is 0.240 e. The van der Waals surface area contributed by atoms with Crippen molar-refractivity contribution in [3.8, 4) is 0 Å². The van der Waals surface area contributed by atoms with E-state index in [1.54, 1.807) is 0 Å². The minimum Gasteiger partial charge on any atom is -0.395 e. The average molecular weight is 212 g/mol. The van der Waals surface area contributed by atoms with Gasteiger partial charge in [-0.3, -0.25) is 9.69 Å². The van der Waals surface area contributed by atoms with E-state index >= 15 is 0 Å². The second kappa shape index (κ2) is 4.49. The summed E-state index contributed by atoms with van der Waals surface area (Å²) in [6.07, 6.45) is 3.30. The van der Waals surface area contributed by atoms with Gasteiger partial charge in [0.1, 0.15) is 0 Å². The Morgan fingerprint density at radius 3 is 2.73 bits per heavy atom. The van der Waals surface area contributed by atoms with Crippen LogP contribution >= 0.6 is 0 Å². The molecule has 0 aromatic rings. The average Bonchev–Trinajstić information content (AvgIpc) is 3.00. The van der Waals surface area contributed by atoms with Crippen molar-refractivity contribution in [1.29, 1.82) is 0 Å². The van der Waals surface area contributed by atoms with E-state index in [2.05, 4.69) is 4.90 Å². The number of hydrogen-bond acceptors (Lipinski definition) is 3. The Bertz CT molecular complexity index is 241. The summed E-state index contributed by atoms with van der Waals surface area (Å²) in [5, 5.41) is 8.94. The van der Waals surface area contributed by atoms with Crippen LogP contribution in [-0.2, 0) is 4.79 Å². The lowest BCUT2D eigenvalue weighted by Gasteiger charge is -2.25.